The molecule has 0 unspecified atom stereocenters. The molecule has 3 amide bonds. The Labute approximate surface area is 213 Å². The fourth-order valence-corrected chi connectivity index (χ4v) is 3.82. The summed E-state index contributed by atoms with van der Waals surface area (Å²) in [6.45, 7) is 4.04. The summed E-state index contributed by atoms with van der Waals surface area (Å²) in [5.41, 5.74) is 6.93. The Morgan fingerprint density at radius 3 is 2.65 bits per heavy atom. The maximum atomic E-state index is 12.8. The van der Waals surface area contributed by atoms with Crippen LogP contribution in [-0.4, -0.2) is 57.2 Å². The number of benzene rings is 1. The maximum Gasteiger partial charge on any atom is 0.408 e. The van der Waals surface area contributed by atoms with E-state index in [2.05, 4.69) is 26.1 Å². The zero-order valence-corrected chi connectivity index (χ0v) is 20.8. The Bertz CT molecular complexity index is 1260. The van der Waals surface area contributed by atoms with E-state index in [9.17, 15) is 14.4 Å². The van der Waals surface area contributed by atoms with Crippen molar-refractivity contribution >= 4 is 23.6 Å². The van der Waals surface area contributed by atoms with E-state index >= 15 is 0 Å². The Hall–Kier alpha value is -4.03. The topological polar surface area (TPSA) is 162 Å². The van der Waals surface area contributed by atoms with Crippen molar-refractivity contribution in [3.63, 3.8) is 0 Å². The second kappa shape index (κ2) is 11.4. The van der Waals surface area contributed by atoms with Gasteiger partial charge in [0.2, 0.25) is 11.8 Å². The number of alkyl carbamates (subject to hydrolysis) is 1. The van der Waals surface area contributed by atoms with Crippen molar-refractivity contribution < 1.29 is 23.9 Å². The fourth-order valence-electron chi connectivity index (χ4n) is 3.82. The first-order chi connectivity index (χ1) is 17.7. The van der Waals surface area contributed by atoms with Crippen LogP contribution < -0.4 is 21.7 Å². The molecule has 37 heavy (non-hydrogen) atoms. The van der Waals surface area contributed by atoms with E-state index < -0.39 is 23.7 Å². The molecule has 1 saturated heterocycles. The third kappa shape index (κ3) is 6.60. The molecule has 1 aliphatic heterocycles. The number of hydrogen-bond donors (Lipinski definition) is 4. The number of amides is 3. The van der Waals surface area contributed by atoms with Gasteiger partial charge in [-0.2, -0.15) is 0 Å². The molecule has 3 heterocycles. The zero-order chi connectivity index (χ0) is 26.4. The molecule has 0 radical (unpaired) electrons. The molecule has 0 saturated carbocycles. The highest BCUT2D eigenvalue weighted by Crippen LogP contribution is 2.18. The Morgan fingerprint density at radius 2 is 1.95 bits per heavy atom. The predicted molar refractivity (Wildman–Crippen MR) is 133 cm³/mol. The number of carbonyl (C=O) groups excluding carboxylic acids is 3. The minimum atomic E-state index is -1.13. The largest absolute Gasteiger partial charge is 0.443 e. The molecule has 0 bridgehead atoms. The lowest BCUT2D eigenvalue weighted by atomic mass is 10.1. The first kappa shape index (κ1) is 26.0. The molecule has 3 aromatic rings. The van der Waals surface area contributed by atoms with Crippen molar-refractivity contribution in [1.82, 2.24) is 30.5 Å². The minimum Gasteiger partial charge on any atom is -0.443 e. The van der Waals surface area contributed by atoms with Crippen LogP contribution in [0.3, 0.4) is 0 Å². The molecule has 12 heteroatoms. The molecule has 1 fully saturated rings. The number of nitrogens with two attached hydrogens (primary N) is 1. The Balaban J connectivity index is 1.53. The van der Waals surface area contributed by atoms with E-state index in [1.807, 2.05) is 30.3 Å². The summed E-state index contributed by atoms with van der Waals surface area (Å²) >= 11 is 0. The summed E-state index contributed by atoms with van der Waals surface area (Å²) < 4.78 is 13.0. The van der Waals surface area contributed by atoms with E-state index in [1.165, 1.54) is 0 Å². The zero-order valence-electron chi connectivity index (χ0n) is 20.8. The molecule has 12 nitrogen and oxygen atoms in total. The van der Waals surface area contributed by atoms with Crippen molar-refractivity contribution in [2.24, 2.45) is 5.73 Å². The van der Waals surface area contributed by atoms with Crippen LogP contribution >= 0.6 is 0 Å². The van der Waals surface area contributed by atoms with Gasteiger partial charge in [0.15, 0.2) is 11.5 Å². The highest BCUT2D eigenvalue weighted by Gasteiger charge is 2.29. The van der Waals surface area contributed by atoms with Gasteiger partial charge < -0.3 is 31.2 Å². The van der Waals surface area contributed by atoms with Crippen molar-refractivity contribution in [1.29, 1.82) is 0 Å². The van der Waals surface area contributed by atoms with Crippen LogP contribution in [-0.2, 0) is 32.3 Å². The standard InChI is InChI=1S/C25H31N7O5/c1-25(2,26)23(34)28-19(15-36-13-16-7-4-3-5-8-16)21-31-30-20-10-6-9-17(32(20)21)14-37-24(35)29-18-11-12-27-22(18)33/h3-10,18-19H,11-15,26H2,1-2H3,(H,27,33)(H,28,34)(H,29,35)/t18-,19+/m0/s1. The van der Waals surface area contributed by atoms with E-state index in [0.29, 0.717) is 36.7 Å². The number of nitrogens with one attached hydrogen (secondary N) is 3. The van der Waals surface area contributed by atoms with Crippen molar-refractivity contribution in [2.75, 3.05) is 13.2 Å². The van der Waals surface area contributed by atoms with Crippen molar-refractivity contribution in [3.05, 3.63) is 65.6 Å². The first-order valence-electron chi connectivity index (χ1n) is 12.0. The molecule has 1 aliphatic rings. The summed E-state index contributed by atoms with van der Waals surface area (Å²) in [6.07, 6.45) is -0.212. The number of carbonyl (C=O) groups is 3. The quantitative estimate of drug-likeness (QED) is 0.314. The molecule has 2 atom stereocenters. The summed E-state index contributed by atoms with van der Waals surface area (Å²) in [5, 5.41) is 16.7. The van der Waals surface area contributed by atoms with Crippen LogP contribution in [0, 0.1) is 0 Å². The van der Waals surface area contributed by atoms with E-state index in [4.69, 9.17) is 15.2 Å². The van der Waals surface area contributed by atoms with Crippen LogP contribution in [0.2, 0.25) is 0 Å². The van der Waals surface area contributed by atoms with Gasteiger partial charge in [0.25, 0.3) is 0 Å². The molecule has 0 aliphatic carbocycles. The lowest BCUT2D eigenvalue weighted by molar-refractivity contribution is -0.126. The van der Waals surface area contributed by atoms with Gasteiger partial charge in [-0.1, -0.05) is 36.4 Å². The molecule has 2 aromatic heterocycles. The van der Waals surface area contributed by atoms with Gasteiger partial charge in [0.1, 0.15) is 18.7 Å². The van der Waals surface area contributed by atoms with Crippen LogP contribution in [0.1, 0.15) is 43.4 Å². The average molecular weight is 510 g/mol. The third-order valence-corrected chi connectivity index (χ3v) is 5.82. The number of pyridine rings is 1. The van der Waals surface area contributed by atoms with Gasteiger partial charge in [0, 0.05) is 6.54 Å². The Kier molecular flexibility index (Phi) is 7.99. The van der Waals surface area contributed by atoms with Gasteiger partial charge in [-0.15, -0.1) is 10.2 Å². The van der Waals surface area contributed by atoms with Crippen LogP contribution in [0.5, 0.6) is 0 Å². The van der Waals surface area contributed by atoms with Gasteiger partial charge in [-0.3, -0.25) is 14.0 Å². The molecular formula is C25H31N7O5. The van der Waals surface area contributed by atoms with E-state index in [1.54, 1.807) is 36.4 Å². The molecule has 4 rings (SSSR count). The number of ether oxygens (including phenoxy) is 2. The SMILES string of the molecule is CC(C)(N)C(=O)N[C@H](COCc1ccccc1)c1nnc2cccc(COC(=O)N[C@H]3CCNC3=O)n12. The molecule has 196 valence electrons. The van der Waals surface area contributed by atoms with Crippen LogP contribution in [0.15, 0.2) is 48.5 Å². The van der Waals surface area contributed by atoms with Crippen molar-refractivity contribution in [3.8, 4) is 0 Å². The molecule has 1 aromatic carbocycles. The second-order valence-electron chi connectivity index (χ2n) is 9.37. The molecular weight excluding hydrogens is 478 g/mol. The highest BCUT2D eigenvalue weighted by atomic mass is 16.5. The molecule has 5 N–H and O–H groups in total. The van der Waals surface area contributed by atoms with Gasteiger partial charge in [-0.05, 0) is 38.0 Å². The van der Waals surface area contributed by atoms with Crippen LogP contribution in [0.25, 0.3) is 5.65 Å². The third-order valence-electron chi connectivity index (χ3n) is 5.82. The second-order valence-corrected chi connectivity index (χ2v) is 9.37. The summed E-state index contributed by atoms with van der Waals surface area (Å²) in [4.78, 5) is 36.8. The smallest absolute Gasteiger partial charge is 0.408 e. The lowest BCUT2D eigenvalue weighted by Gasteiger charge is -2.24. The normalized spacial score (nSPS) is 16.3. The first-order valence-corrected chi connectivity index (χ1v) is 12.0. The number of hydrogen-bond acceptors (Lipinski definition) is 8. The number of fused-ring (bicyclic) bond motifs is 1. The number of aromatic nitrogens is 3. The van der Waals surface area contributed by atoms with Gasteiger partial charge in [0.05, 0.1) is 24.4 Å². The number of nitrogens with zero attached hydrogens (tertiary/aromatic N) is 3. The fraction of sp³-hybridized carbons (Fsp3) is 0.400. The maximum absolute atomic E-state index is 12.8. The van der Waals surface area contributed by atoms with E-state index in [0.717, 1.165) is 5.56 Å². The van der Waals surface area contributed by atoms with Crippen molar-refractivity contribution in [2.45, 2.75) is 51.1 Å². The molecule has 0 spiro atoms. The monoisotopic (exact) mass is 509 g/mol. The van der Waals surface area contributed by atoms with E-state index in [-0.39, 0.29) is 25.0 Å². The minimum absolute atomic E-state index is 0.101. The predicted octanol–water partition coefficient (Wildman–Crippen LogP) is 0.955. The average Bonchev–Trinajstić information content (AvgIpc) is 3.48. The summed E-state index contributed by atoms with van der Waals surface area (Å²) in [6, 6.07) is 13.6. The summed E-state index contributed by atoms with van der Waals surface area (Å²) in [5.74, 6) is -0.229. The Morgan fingerprint density at radius 1 is 1.16 bits per heavy atom. The lowest BCUT2D eigenvalue weighted by Crippen LogP contribution is -2.51. The highest BCUT2D eigenvalue weighted by molar-refractivity contribution is 5.87. The van der Waals surface area contributed by atoms with Gasteiger partial charge in [-0.25, -0.2) is 4.79 Å². The van der Waals surface area contributed by atoms with Gasteiger partial charge >= 0.3 is 6.09 Å². The number of rotatable bonds is 10. The summed E-state index contributed by atoms with van der Waals surface area (Å²) in [7, 11) is 0. The van der Waals surface area contributed by atoms with Crippen LogP contribution in [0.4, 0.5) is 4.79 Å².